The van der Waals surface area contributed by atoms with E-state index in [0.717, 1.165) is 29.5 Å². The molecule has 0 radical (unpaired) electrons. The van der Waals surface area contributed by atoms with Gasteiger partial charge in [-0.3, -0.25) is 9.78 Å². The Balaban J connectivity index is 2.17. The van der Waals surface area contributed by atoms with E-state index >= 15 is 0 Å². The fraction of sp³-hybridized carbons (Fsp3) is 0.400. The van der Waals surface area contributed by atoms with Crippen LogP contribution in [0.2, 0.25) is 5.15 Å². The van der Waals surface area contributed by atoms with E-state index in [-0.39, 0.29) is 5.97 Å². The summed E-state index contributed by atoms with van der Waals surface area (Å²) in [5, 5.41) is 2.22. The van der Waals surface area contributed by atoms with Gasteiger partial charge in [0.2, 0.25) is 0 Å². The molecule has 0 bridgehead atoms. The van der Waals surface area contributed by atoms with Crippen molar-refractivity contribution in [3.05, 3.63) is 29.3 Å². The Morgan fingerprint density at radius 3 is 2.71 bits per heavy atom. The number of methoxy groups -OCH3 is 1. The Morgan fingerprint density at radius 1 is 1.33 bits per heavy atom. The van der Waals surface area contributed by atoms with Crippen LogP contribution in [0.4, 0.5) is 5.69 Å². The molecular formula is C15H16ClN3O2. The van der Waals surface area contributed by atoms with Gasteiger partial charge in [0.1, 0.15) is 5.15 Å². The van der Waals surface area contributed by atoms with Crippen LogP contribution in [0.15, 0.2) is 18.5 Å². The lowest BCUT2D eigenvalue weighted by Crippen LogP contribution is -2.37. The van der Waals surface area contributed by atoms with Gasteiger partial charge in [-0.1, -0.05) is 11.6 Å². The number of aromatic nitrogens is 2. The molecule has 2 aromatic heterocycles. The van der Waals surface area contributed by atoms with E-state index in [1.165, 1.54) is 13.5 Å². The summed E-state index contributed by atoms with van der Waals surface area (Å²) in [5.74, 6) is -0.755. The number of halogens is 1. The molecule has 1 aliphatic heterocycles. The van der Waals surface area contributed by atoms with Gasteiger partial charge >= 0.3 is 5.97 Å². The van der Waals surface area contributed by atoms with E-state index in [1.807, 2.05) is 6.20 Å². The van der Waals surface area contributed by atoms with Gasteiger partial charge in [0.05, 0.1) is 30.6 Å². The van der Waals surface area contributed by atoms with Crippen LogP contribution in [-0.2, 0) is 9.53 Å². The second-order valence-corrected chi connectivity index (χ2v) is 5.55. The average Bonchev–Trinajstić information content (AvgIpc) is 2.44. The lowest BCUT2D eigenvalue weighted by Gasteiger charge is -2.34. The molecule has 0 saturated carbocycles. The first kappa shape index (κ1) is 14.1. The summed E-state index contributed by atoms with van der Waals surface area (Å²) in [6, 6.07) is 1.77. The van der Waals surface area contributed by atoms with Gasteiger partial charge in [-0.05, 0) is 19.4 Å². The summed E-state index contributed by atoms with van der Waals surface area (Å²) in [4.78, 5) is 22.7. The number of fused-ring (bicyclic) bond motifs is 1. The fourth-order valence-corrected chi connectivity index (χ4v) is 2.72. The van der Waals surface area contributed by atoms with E-state index in [4.69, 9.17) is 16.3 Å². The zero-order valence-corrected chi connectivity index (χ0v) is 12.7. The molecule has 3 heterocycles. The maximum Gasteiger partial charge on any atom is 0.314 e. The number of hydrogen-bond donors (Lipinski definition) is 0. The van der Waals surface area contributed by atoms with Crippen molar-refractivity contribution in [3.8, 4) is 0 Å². The third-order valence-corrected chi connectivity index (χ3v) is 4.12. The van der Waals surface area contributed by atoms with Crippen molar-refractivity contribution in [2.75, 3.05) is 25.1 Å². The number of ether oxygens (including phenoxy) is 1. The quantitative estimate of drug-likeness (QED) is 0.644. The molecule has 1 aliphatic rings. The number of anilines is 1. The Labute approximate surface area is 127 Å². The first-order valence-corrected chi connectivity index (χ1v) is 7.26. The van der Waals surface area contributed by atoms with Gasteiger partial charge < -0.3 is 9.64 Å². The standard InChI is InChI=1S/C15H16ClN3O2/c1-9(15(20)21-2)14-10-6-13(16)17-7-11(10)12(8-18-14)19-4-3-5-19/h6-9H,3-5H2,1-2H3. The average molecular weight is 306 g/mol. The highest BCUT2D eigenvalue weighted by Gasteiger charge is 2.24. The molecule has 1 atom stereocenters. The van der Waals surface area contributed by atoms with Crippen molar-refractivity contribution < 1.29 is 9.53 Å². The number of esters is 1. The zero-order valence-electron chi connectivity index (χ0n) is 12.0. The van der Waals surface area contributed by atoms with Gasteiger partial charge in [0, 0.05) is 30.1 Å². The summed E-state index contributed by atoms with van der Waals surface area (Å²) in [6.07, 6.45) is 4.75. The van der Waals surface area contributed by atoms with Gasteiger partial charge in [0.15, 0.2) is 0 Å². The van der Waals surface area contributed by atoms with E-state index < -0.39 is 5.92 Å². The zero-order chi connectivity index (χ0) is 15.0. The van der Waals surface area contributed by atoms with Gasteiger partial charge in [0.25, 0.3) is 0 Å². The topological polar surface area (TPSA) is 55.3 Å². The first-order chi connectivity index (χ1) is 10.1. The van der Waals surface area contributed by atoms with Gasteiger partial charge in [-0.2, -0.15) is 0 Å². The van der Waals surface area contributed by atoms with Crippen molar-refractivity contribution >= 4 is 34.0 Å². The van der Waals surface area contributed by atoms with Crippen molar-refractivity contribution in [2.45, 2.75) is 19.3 Å². The maximum atomic E-state index is 11.8. The molecule has 1 unspecified atom stereocenters. The predicted octanol–water partition coefficient (Wildman–Crippen LogP) is 2.77. The molecule has 0 aromatic carbocycles. The van der Waals surface area contributed by atoms with E-state index in [1.54, 1.807) is 19.2 Å². The van der Waals surface area contributed by atoms with Crippen LogP contribution >= 0.6 is 11.6 Å². The molecular weight excluding hydrogens is 290 g/mol. The number of carbonyl (C=O) groups is 1. The summed E-state index contributed by atoms with van der Waals surface area (Å²) in [6.45, 7) is 3.82. The van der Waals surface area contributed by atoms with Crippen molar-refractivity contribution in [3.63, 3.8) is 0 Å². The van der Waals surface area contributed by atoms with Gasteiger partial charge in [-0.25, -0.2) is 4.98 Å². The summed E-state index contributed by atoms with van der Waals surface area (Å²) >= 11 is 6.02. The van der Waals surface area contributed by atoms with E-state index in [9.17, 15) is 4.79 Å². The number of rotatable bonds is 3. The van der Waals surface area contributed by atoms with Crippen LogP contribution in [-0.4, -0.2) is 36.1 Å². The Bertz CT molecular complexity index is 701. The number of carbonyl (C=O) groups excluding carboxylic acids is 1. The summed E-state index contributed by atoms with van der Waals surface area (Å²) < 4.78 is 4.82. The fourth-order valence-electron chi connectivity index (χ4n) is 2.56. The van der Waals surface area contributed by atoms with Crippen LogP contribution in [0.5, 0.6) is 0 Å². The number of nitrogens with zero attached hydrogens (tertiary/aromatic N) is 3. The van der Waals surface area contributed by atoms with Crippen molar-refractivity contribution in [1.29, 1.82) is 0 Å². The van der Waals surface area contributed by atoms with E-state index in [2.05, 4.69) is 14.9 Å². The smallest absolute Gasteiger partial charge is 0.314 e. The molecule has 1 fully saturated rings. The molecule has 0 amide bonds. The highest BCUT2D eigenvalue weighted by molar-refractivity contribution is 6.30. The van der Waals surface area contributed by atoms with Crippen molar-refractivity contribution in [2.24, 2.45) is 0 Å². The second kappa shape index (κ2) is 5.48. The lowest BCUT2D eigenvalue weighted by atomic mass is 10.00. The monoisotopic (exact) mass is 305 g/mol. The van der Waals surface area contributed by atoms with Crippen LogP contribution in [0, 0.1) is 0 Å². The third-order valence-electron chi connectivity index (χ3n) is 3.91. The minimum Gasteiger partial charge on any atom is -0.469 e. The molecule has 0 N–H and O–H groups in total. The second-order valence-electron chi connectivity index (χ2n) is 5.17. The summed E-state index contributed by atoms with van der Waals surface area (Å²) in [5.41, 5.74) is 1.71. The predicted molar refractivity (Wildman–Crippen MR) is 81.8 cm³/mol. The molecule has 5 nitrogen and oxygen atoms in total. The maximum absolute atomic E-state index is 11.8. The molecule has 0 aliphatic carbocycles. The molecule has 3 rings (SSSR count). The molecule has 2 aromatic rings. The minimum absolute atomic E-state index is 0.312. The molecule has 110 valence electrons. The van der Waals surface area contributed by atoms with Crippen molar-refractivity contribution in [1.82, 2.24) is 9.97 Å². The van der Waals surface area contributed by atoms with E-state index in [0.29, 0.717) is 10.8 Å². The SMILES string of the molecule is COC(=O)C(C)c1ncc(N2CCC2)c2cnc(Cl)cc12. The Hall–Kier alpha value is -1.88. The molecule has 1 saturated heterocycles. The normalized spacial score (nSPS) is 15.7. The third kappa shape index (κ3) is 2.42. The Kier molecular flexibility index (Phi) is 3.68. The largest absolute Gasteiger partial charge is 0.469 e. The number of pyridine rings is 2. The molecule has 21 heavy (non-hydrogen) atoms. The molecule has 0 spiro atoms. The molecule has 6 heteroatoms. The minimum atomic E-state index is -0.443. The lowest BCUT2D eigenvalue weighted by molar-refractivity contribution is -0.142. The number of hydrogen-bond acceptors (Lipinski definition) is 5. The van der Waals surface area contributed by atoms with Crippen LogP contribution in [0.25, 0.3) is 10.8 Å². The Morgan fingerprint density at radius 2 is 2.10 bits per heavy atom. The summed E-state index contributed by atoms with van der Waals surface area (Å²) in [7, 11) is 1.38. The van der Waals surface area contributed by atoms with Crippen LogP contribution in [0.3, 0.4) is 0 Å². The highest BCUT2D eigenvalue weighted by atomic mass is 35.5. The van der Waals surface area contributed by atoms with Crippen LogP contribution in [0.1, 0.15) is 25.0 Å². The first-order valence-electron chi connectivity index (χ1n) is 6.88. The van der Waals surface area contributed by atoms with Crippen LogP contribution < -0.4 is 4.90 Å². The highest BCUT2D eigenvalue weighted by Crippen LogP contribution is 2.34. The van der Waals surface area contributed by atoms with Gasteiger partial charge in [-0.15, -0.1) is 0 Å².